The van der Waals surface area contributed by atoms with E-state index in [1.165, 1.54) is 11.1 Å². The number of fused-ring (bicyclic) bond motifs is 1. The third-order valence-electron chi connectivity index (χ3n) is 3.38. The fourth-order valence-electron chi connectivity index (χ4n) is 2.25. The molecule has 0 saturated carbocycles. The number of methoxy groups -OCH3 is 1. The SMILES string of the molecule is COCCOCCNC(=O)[C@@H]1Cc2ccccc2CN1. The lowest BCUT2D eigenvalue weighted by Gasteiger charge is -2.25. The molecular weight excluding hydrogens is 256 g/mol. The van der Waals surface area contributed by atoms with Gasteiger partial charge in [0.25, 0.3) is 0 Å². The summed E-state index contributed by atoms with van der Waals surface area (Å²) in [5.41, 5.74) is 2.53. The molecule has 2 N–H and O–H groups in total. The van der Waals surface area contributed by atoms with Crippen LogP contribution in [0.2, 0.25) is 0 Å². The highest BCUT2D eigenvalue weighted by atomic mass is 16.5. The Morgan fingerprint density at radius 3 is 2.90 bits per heavy atom. The molecule has 0 radical (unpaired) electrons. The molecule has 0 unspecified atom stereocenters. The van der Waals surface area contributed by atoms with Crippen molar-refractivity contribution in [3.63, 3.8) is 0 Å². The van der Waals surface area contributed by atoms with E-state index in [9.17, 15) is 4.79 Å². The second-order valence-electron chi connectivity index (χ2n) is 4.80. The summed E-state index contributed by atoms with van der Waals surface area (Å²) in [5.74, 6) is 0.0369. The topological polar surface area (TPSA) is 59.6 Å². The van der Waals surface area contributed by atoms with E-state index in [1.54, 1.807) is 7.11 Å². The van der Waals surface area contributed by atoms with E-state index in [1.807, 2.05) is 12.1 Å². The van der Waals surface area contributed by atoms with Crippen molar-refractivity contribution in [3.8, 4) is 0 Å². The largest absolute Gasteiger partial charge is 0.382 e. The van der Waals surface area contributed by atoms with Crippen molar-refractivity contribution in [1.82, 2.24) is 10.6 Å². The van der Waals surface area contributed by atoms with Gasteiger partial charge >= 0.3 is 0 Å². The van der Waals surface area contributed by atoms with Crippen LogP contribution in [-0.4, -0.2) is 45.4 Å². The molecule has 110 valence electrons. The van der Waals surface area contributed by atoms with Gasteiger partial charge in [-0.3, -0.25) is 4.79 Å². The zero-order chi connectivity index (χ0) is 14.2. The molecule has 1 amide bonds. The van der Waals surface area contributed by atoms with Crippen LogP contribution in [0.25, 0.3) is 0 Å². The van der Waals surface area contributed by atoms with Crippen molar-refractivity contribution < 1.29 is 14.3 Å². The highest BCUT2D eigenvalue weighted by Crippen LogP contribution is 2.16. The van der Waals surface area contributed by atoms with E-state index in [4.69, 9.17) is 9.47 Å². The third-order valence-corrected chi connectivity index (χ3v) is 3.38. The minimum Gasteiger partial charge on any atom is -0.382 e. The van der Waals surface area contributed by atoms with Gasteiger partial charge in [-0.2, -0.15) is 0 Å². The molecule has 0 aromatic heterocycles. The zero-order valence-corrected chi connectivity index (χ0v) is 11.9. The monoisotopic (exact) mass is 278 g/mol. The lowest BCUT2D eigenvalue weighted by Crippen LogP contribution is -2.48. The van der Waals surface area contributed by atoms with Crippen LogP contribution in [0.4, 0.5) is 0 Å². The molecule has 1 aromatic carbocycles. The van der Waals surface area contributed by atoms with Gasteiger partial charge < -0.3 is 20.1 Å². The molecule has 1 aliphatic heterocycles. The number of amides is 1. The molecule has 0 fully saturated rings. The zero-order valence-electron chi connectivity index (χ0n) is 11.9. The number of rotatable bonds is 7. The fourth-order valence-corrected chi connectivity index (χ4v) is 2.25. The van der Waals surface area contributed by atoms with Crippen molar-refractivity contribution in [3.05, 3.63) is 35.4 Å². The van der Waals surface area contributed by atoms with E-state index < -0.39 is 0 Å². The van der Waals surface area contributed by atoms with Gasteiger partial charge in [0, 0.05) is 20.2 Å². The quantitative estimate of drug-likeness (QED) is 0.712. The maximum Gasteiger partial charge on any atom is 0.237 e. The Kier molecular flexibility index (Phi) is 5.98. The van der Waals surface area contributed by atoms with Crippen molar-refractivity contribution in [2.45, 2.75) is 19.0 Å². The lowest BCUT2D eigenvalue weighted by atomic mass is 9.95. The van der Waals surface area contributed by atoms with Gasteiger partial charge in [-0.05, 0) is 17.5 Å². The van der Waals surface area contributed by atoms with Gasteiger partial charge in [0.15, 0.2) is 0 Å². The molecule has 0 spiro atoms. The molecular formula is C15H22N2O3. The Morgan fingerprint density at radius 1 is 1.30 bits per heavy atom. The Balaban J connectivity index is 1.69. The number of hydrogen-bond donors (Lipinski definition) is 2. The van der Waals surface area contributed by atoms with Gasteiger partial charge in [-0.25, -0.2) is 0 Å². The number of hydrogen-bond acceptors (Lipinski definition) is 4. The lowest BCUT2D eigenvalue weighted by molar-refractivity contribution is -0.123. The number of ether oxygens (including phenoxy) is 2. The first-order chi connectivity index (χ1) is 9.81. The van der Waals surface area contributed by atoms with Crippen LogP contribution in [0.1, 0.15) is 11.1 Å². The summed E-state index contributed by atoms with van der Waals surface area (Å²) >= 11 is 0. The van der Waals surface area contributed by atoms with Crippen molar-refractivity contribution in [2.75, 3.05) is 33.5 Å². The molecule has 0 aliphatic carbocycles. The summed E-state index contributed by atoms with van der Waals surface area (Å²) in [7, 11) is 1.64. The second kappa shape index (κ2) is 7.99. The first-order valence-electron chi connectivity index (χ1n) is 6.96. The van der Waals surface area contributed by atoms with Gasteiger partial charge in [0.1, 0.15) is 0 Å². The normalized spacial score (nSPS) is 17.6. The molecule has 5 heteroatoms. The molecule has 5 nitrogen and oxygen atoms in total. The van der Waals surface area contributed by atoms with Crippen molar-refractivity contribution in [2.24, 2.45) is 0 Å². The number of carbonyl (C=O) groups excluding carboxylic acids is 1. The Labute approximate surface area is 119 Å². The number of nitrogens with one attached hydrogen (secondary N) is 2. The van der Waals surface area contributed by atoms with E-state index in [2.05, 4.69) is 22.8 Å². The average Bonchev–Trinajstić information content (AvgIpc) is 2.50. The standard InChI is InChI=1S/C15H22N2O3/c1-19-8-9-20-7-6-16-15(18)14-10-12-4-2-3-5-13(12)11-17-14/h2-5,14,17H,6-11H2,1H3,(H,16,18)/t14-/m0/s1. The molecule has 20 heavy (non-hydrogen) atoms. The van der Waals surface area contributed by atoms with Crippen LogP contribution in [0.15, 0.2) is 24.3 Å². The van der Waals surface area contributed by atoms with Gasteiger partial charge in [0.05, 0.1) is 25.9 Å². The Hall–Kier alpha value is -1.43. The van der Waals surface area contributed by atoms with E-state index in [-0.39, 0.29) is 11.9 Å². The summed E-state index contributed by atoms with van der Waals surface area (Å²) in [5, 5.41) is 6.16. The van der Waals surface area contributed by atoms with Crippen LogP contribution in [-0.2, 0) is 27.2 Å². The van der Waals surface area contributed by atoms with Gasteiger partial charge in [-0.15, -0.1) is 0 Å². The van der Waals surface area contributed by atoms with Crippen LogP contribution in [0.3, 0.4) is 0 Å². The predicted molar refractivity (Wildman–Crippen MR) is 76.5 cm³/mol. The highest BCUT2D eigenvalue weighted by Gasteiger charge is 2.23. The number of benzene rings is 1. The second-order valence-corrected chi connectivity index (χ2v) is 4.80. The summed E-state index contributed by atoms with van der Waals surface area (Å²) in [6, 6.07) is 8.08. The van der Waals surface area contributed by atoms with Crippen LogP contribution in [0, 0.1) is 0 Å². The molecule has 1 heterocycles. The first-order valence-corrected chi connectivity index (χ1v) is 6.96. The van der Waals surface area contributed by atoms with Gasteiger partial charge in [0.2, 0.25) is 5.91 Å². The van der Waals surface area contributed by atoms with E-state index >= 15 is 0 Å². The smallest absolute Gasteiger partial charge is 0.237 e. The van der Waals surface area contributed by atoms with Crippen molar-refractivity contribution >= 4 is 5.91 Å². The minimum atomic E-state index is -0.149. The number of carbonyl (C=O) groups is 1. The fraction of sp³-hybridized carbons (Fsp3) is 0.533. The van der Waals surface area contributed by atoms with E-state index in [0.29, 0.717) is 26.4 Å². The summed E-state index contributed by atoms with van der Waals surface area (Å²) in [4.78, 5) is 12.0. The maximum absolute atomic E-state index is 12.0. The average molecular weight is 278 g/mol. The summed E-state index contributed by atoms with van der Waals surface area (Å²) < 4.78 is 10.2. The third kappa shape index (κ3) is 4.30. The molecule has 2 rings (SSSR count). The molecule has 1 atom stereocenters. The minimum absolute atomic E-state index is 0.0369. The molecule has 0 saturated heterocycles. The predicted octanol–water partition coefficient (Wildman–Crippen LogP) is 0.480. The van der Waals surface area contributed by atoms with Crippen LogP contribution in [0.5, 0.6) is 0 Å². The first kappa shape index (κ1) is 15.0. The Morgan fingerprint density at radius 2 is 2.10 bits per heavy atom. The molecule has 1 aromatic rings. The van der Waals surface area contributed by atoms with Crippen LogP contribution < -0.4 is 10.6 Å². The van der Waals surface area contributed by atoms with E-state index in [0.717, 1.165) is 13.0 Å². The highest BCUT2D eigenvalue weighted by molar-refractivity contribution is 5.82. The Bertz CT molecular complexity index is 437. The maximum atomic E-state index is 12.0. The summed E-state index contributed by atoms with van der Waals surface area (Å²) in [6.07, 6.45) is 0.743. The van der Waals surface area contributed by atoms with Crippen LogP contribution >= 0.6 is 0 Å². The molecule has 1 aliphatic rings. The van der Waals surface area contributed by atoms with Crippen molar-refractivity contribution in [1.29, 1.82) is 0 Å². The molecule has 0 bridgehead atoms. The summed E-state index contributed by atoms with van der Waals surface area (Å²) in [6.45, 7) is 2.93. The van der Waals surface area contributed by atoms with Gasteiger partial charge in [-0.1, -0.05) is 24.3 Å².